The van der Waals surface area contributed by atoms with Gasteiger partial charge in [0, 0.05) is 24.3 Å². The van der Waals surface area contributed by atoms with Gasteiger partial charge >= 0.3 is 0 Å². The Balaban J connectivity index is 1.88. The third-order valence-corrected chi connectivity index (χ3v) is 6.60. The molecule has 4 heteroatoms. The van der Waals surface area contributed by atoms with Gasteiger partial charge in [0.2, 0.25) is 0 Å². The fourth-order valence-electron chi connectivity index (χ4n) is 4.49. The molecule has 0 spiro atoms. The molecule has 0 bridgehead atoms. The fraction of sp³-hybridized carbons (Fsp3) is 0.519. The van der Waals surface area contributed by atoms with E-state index in [9.17, 15) is 4.79 Å². The molecule has 0 radical (unpaired) electrons. The number of rotatable bonds is 10. The van der Waals surface area contributed by atoms with Crippen molar-refractivity contribution >= 4 is 11.5 Å². The number of hydrogen-bond acceptors (Lipinski definition) is 4. The van der Waals surface area contributed by atoms with Gasteiger partial charge in [0.05, 0.1) is 18.8 Å². The number of nitrogens with zero attached hydrogens (tertiary/aromatic N) is 2. The van der Waals surface area contributed by atoms with E-state index in [1.165, 1.54) is 16.8 Å². The van der Waals surface area contributed by atoms with Crippen LogP contribution >= 0.6 is 0 Å². The van der Waals surface area contributed by atoms with Gasteiger partial charge in [-0.1, -0.05) is 56.0 Å². The van der Waals surface area contributed by atoms with Crippen LogP contribution in [0.5, 0.6) is 0 Å². The van der Waals surface area contributed by atoms with Crippen molar-refractivity contribution in [2.75, 3.05) is 45.3 Å². The van der Waals surface area contributed by atoms with Crippen LogP contribution < -0.4 is 4.90 Å². The molecule has 168 valence electrons. The molecule has 3 rings (SSSR count). The van der Waals surface area contributed by atoms with E-state index >= 15 is 0 Å². The van der Waals surface area contributed by atoms with Gasteiger partial charge in [0.1, 0.15) is 0 Å². The van der Waals surface area contributed by atoms with Crippen LogP contribution in [0, 0.1) is 6.92 Å². The number of carbonyl (C=O) groups is 1. The molecule has 1 aliphatic heterocycles. The molecule has 1 atom stereocenters. The first kappa shape index (κ1) is 23.5. The number of carbonyl (C=O) groups excluding carboxylic acids is 1. The normalized spacial score (nSPS) is 16.4. The van der Waals surface area contributed by atoms with Crippen molar-refractivity contribution < 1.29 is 9.53 Å². The molecule has 0 aromatic heterocycles. The number of anilines is 1. The van der Waals surface area contributed by atoms with Crippen LogP contribution in [0.25, 0.3) is 0 Å². The summed E-state index contributed by atoms with van der Waals surface area (Å²) in [7, 11) is 4.11. The first-order valence-corrected chi connectivity index (χ1v) is 11.7. The lowest BCUT2D eigenvalue weighted by atomic mass is 9.78. The van der Waals surface area contributed by atoms with Crippen molar-refractivity contribution in [2.45, 2.75) is 51.5 Å². The highest BCUT2D eigenvalue weighted by Gasteiger charge is 2.40. The maximum absolute atomic E-state index is 14.0. The largest absolute Gasteiger partial charge is 0.378 e. The molecular weight excluding hydrogens is 384 g/mol. The summed E-state index contributed by atoms with van der Waals surface area (Å²) in [6, 6.07) is 16.8. The SMILES string of the molecule is CCCCCC(Cc1ccc(C)cc1)(C(=O)c1ccc(N2CCOCC2)cc1)N(C)C. The summed E-state index contributed by atoms with van der Waals surface area (Å²) >= 11 is 0. The second kappa shape index (κ2) is 10.9. The quantitative estimate of drug-likeness (QED) is 0.392. The molecular formula is C27H38N2O2. The van der Waals surface area contributed by atoms with Crippen molar-refractivity contribution in [1.82, 2.24) is 4.90 Å². The number of unbranched alkanes of at least 4 members (excludes halogenated alkanes) is 2. The summed E-state index contributed by atoms with van der Waals surface area (Å²) in [5.74, 6) is 0.225. The molecule has 1 heterocycles. The van der Waals surface area contributed by atoms with Gasteiger partial charge in [-0.15, -0.1) is 0 Å². The summed E-state index contributed by atoms with van der Waals surface area (Å²) in [4.78, 5) is 18.5. The van der Waals surface area contributed by atoms with Gasteiger partial charge in [0.15, 0.2) is 5.78 Å². The van der Waals surface area contributed by atoms with E-state index in [0.29, 0.717) is 0 Å². The first-order chi connectivity index (χ1) is 15.0. The zero-order chi connectivity index (χ0) is 22.3. The van der Waals surface area contributed by atoms with E-state index in [2.05, 4.69) is 74.1 Å². The predicted molar refractivity (Wildman–Crippen MR) is 129 cm³/mol. The Hall–Kier alpha value is -2.17. The fourth-order valence-corrected chi connectivity index (χ4v) is 4.49. The predicted octanol–water partition coefficient (Wildman–Crippen LogP) is 5.14. The van der Waals surface area contributed by atoms with Gasteiger partial charge < -0.3 is 9.64 Å². The van der Waals surface area contributed by atoms with Crippen molar-refractivity contribution in [3.63, 3.8) is 0 Å². The van der Waals surface area contributed by atoms with E-state index in [1.807, 2.05) is 12.1 Å². The molecule has 2 aromatic rings. The molecule has 2 aromatic carbocycles. The number of ketones is 1. The zero-order valence-electron chi connectivity index (χ0n) is 19.7. The number of benzene rings is 2. The summed E-state index contributed by atoms with van der Waals surface area (Å²) in [6.45, 7) is 7.64. The van der Waals surface area contributed by atoms with Gasteiger partial charge in [-0.25, -0.2) is 0 Å². The van der Waals surface area contributed by atoms with Crippen molar-refractivity contribution in [2.24, 2.45) is 0 Å². The van der Waals surface area contributed by atoms with Crippen molar-refractivity contribution in [3.8, 4) is 0 Å². The number of ether oxygens (including phenoxy) is 1. The summed E-state index contributed by atoms with van der Waals surface area (Å²) in [5, 5.41) is 0. The highest BCUT2D eigenvalue weighted by molar-refractivity contribution is 6.03. The van der Waals surface area contributed by atoms with Crippen LogP contribution in [0.2, 0.25) is 0 Å². The second-order valence-electron chi connectivity index (χ2n) is 9.02. The van der Waals surface area contributed by atoms with Gasteiger partial charge in [0.25, 0.3) is 0 Å². The van der Waals surface area contributed by atoms with Crippen LogP contribution in [0.15, 0.2) is 48.5 Å². The lowest BCUT2D eigenvalue weighted by Gasteiger charge is -2.39. The monoisotopic (exact) mass is 422 g/mol. The molecule has 1 aliphatic rings. The Morgan fingerprint density at radius 3 is 2.23 bits per heavy atom. The molecule has 0 saturated carbocycles. The Morgan fingerprint density at radius 2 is 1.65 bits per heavy atom. The zero-order valence-corrected chi connectivity index (χ0v) is 19.7. The molecule has 1 saturated heterocycles. The van der Waals surface area contributed by atoms with Crippen LogP contribution in [-0.4, -0.2) is 56.6 Å². The maximum Gasteiger partial charge on any atom is 0.183 e. The van der Waals surface area contributed by atoms with Crippen LogP contribution in [0.4, 0.5) is 5.69 Å². The van der Waals surface area contributed by atoms with Gasteiger partial charge in [-0.3, -0.25) is 9.69 Å². The first-order valence-electron chi connectivity index (χ1n) is 11.7. The second-order valence-corrected chi connectivity index (χ2v) is 9.02. The molecule has 0 amide bonds. The Labute approximate surface area is 188 Å². The third kappa shape index (κ3) is 5.75. The van der Waals surface area contributed by atoms with E-state index < -0.39 is 5.54 Å². The van der Waals surface area contributed by atoms with E-state index in [-0.39, 0.29) is 5.78 Å². The molecule has 1 unspecified atom stereocenters. The average molecular weight is 423 g/mol. The standard InChI is InChI=1S/C27H38N2O2/c1-5-6-7-16-27(28(3)4,21-23-10-8-22(2)9-11-23)26(30)24-12-14-25(15-13-24)29-17-19-31-20-18-29/h8-15H,5-7,16-21H2,1-4H3. The number of Topliss-reactive ketones (excluding diaryl/α,β-unsaturated/α-hetero) is 1. The van der Waals surface area contributed by atoms with Crippen molar-refractivity contribution in [3.05, 3.63) is 65.2 Å². The lowest BCUT2D eigenvalue weighted by molar-refractivity contribution is 0.0646. The van der Waals surface area contributed by atoms with Crippen LogP contribution in [0.1, 0.15) is 54.1 Å². The minimum Gasteiger partial charge on any atom is -0.378 e. The topological polar surface area (TPSA) is 32.8 Å². The number of hydrogen-bond donors (Lipinski definition) is 0. The van der Waals surface area contributed by atoms with Crippen LogP contribution in [0.3, 0.4) is 0 Å². The minimum atomic E-state index is -0.537. The van der Waals surface area contributed by atoms with Gasteiger partial charge in [-0.05, 0) is 63.7 Å². The lowest BCUT2D eigenvalue weighted by Crippen LogP contribution is -2.53. The highest BCUT2D eigenvalue weighted by Crippen LogP contribution is 2.31. The average Bonchev–Trinajstić information content (AvgIpc) is 2.80. The summed E-state index contributed by atoms with van der Waals surface area (Å²) in [6.07, 6.45) is 4.95. The Bertz CT molecular complexity index is 823. The van der Waals surface area contributed by atoms with E-state index in [0.717, 1.165) is 64.0 Å². The summed E-state index contributed by atoms with van der Waals surface area (Å²) in [5.41, 5.74) is 3.89. The summed E-state index contributed by atoms with van der Waals surface area (Å²) < 4.78 is 5.46. The molecule has 0 aliphatic carbocycles. The van der Waals surface area contributed by atoms with Crippen molar-refractivity contribution in [1.29, 1.82) is 0 Å². The molecule has 1 fully saturated rings. The van der Waals surface area contributed by atoms with Crippen LogP contribution in [-0.2, 0) is 11.2 Å². The molecule has 31 heavy (non-hydrogen) atoms. The smallest absolute Gasteiger partial charge is 0.183 e. The number of morpholine rings is 1. The Morgan fingerprint density at radius 1 is 1.00 bits per heavy atom. The Kier molecular flexibility index (Phi) is 8.28. The number of aryl methyl sites for hydroxylation is 1. The maximum atomic E-state index is 14.0. The highest BCUT2D eigenvalue weighted by atomic mass is 16.5. The third-order valence-electron chi connectivity index (χ3n) is 6.60. The van der Waals surface area contributed by atoms with Gasteiger partial charge in [-0.2, -0.15) is 0 Å². The van der Waals surface area contributed by atoms with E-state index in [1.54, 1.807) is 0 Å². The van der Waals surface area contributed by atoms with E-state index in [4.69, 9.17) is 4.74 Å². The minimum absolute atomic E-state index is 0.225. The molecule has 0 N–H and O–H groups in total. The number of likely N-dealkylation sites (N-methyl/N-ethyl adjacent to an activating group) is 1. The molecule has 4 nitrogen and oxygen atoms in total.